The van der Waals surface area contributed by atoms with Crippen LogP contribution in [0.5, 0.6) is 0 Å². The molecule has 2 rings (SSSR count). The van der Waals surface area contributed by atoms with Crippen LogP contribution >= 0.6 is 0 Å². The summed E-state index contributed by atoms with van der Waals surface area (Å²) in [6.45, 7) is 0. The lowest BCUT2D eigenvalue weighted by Crippen LogP contribution is -2.51. The van der Waals surface area contributed by atoms with E-state index in [9.17, 15) is 0 Å². The van der Waals surface area contributed by atoms with Crippen molar-refractivity contribution in [3.05, 3.63) is 6.07 Å². The van der Waals surface area contributed by atoms with Crippen LogP contribution in [0.25, 0.3) is 10.8 Å². The van der Waals surface area contributed by atoms with E-state index in [0.717, 1.165) is 0 Å². The normalized spacial score (nSPS) is 10.8. The van der Waals surface area contributed by atoms with Gasteiger partial charge < -0.3 is 0 Å². The molecule has 2 aromatic rings. The van der Waals surface area contributed by atoms with Crippen LogP contribution in [0.2, 0.25) is 0 Å². The monoisotopic (exact) mass is 198 g/mol. The molecule has 0 amide bonds. The molecule has 0 atom stereocenters. The second-order valence-corrected chi connectivity index (χ2v) is 3.87. The minimum absolute atomic E-state index is 0.200. The molecule has 2 aromatic carbocycles. The highest BCUT2D eigenvalue weighted by Crippen LogP contribution is 2.00. The minimum atomic E-state index is 0.200. The molecule has 0 unspecified atom stereocenters. The van der Waals surface area contributed by atoms with Gasteiger partial charge in [0.15, 0.2) is 0 Å². The van der Waals surface area contributed by atoms with E-state index in [2.05, 4.69) is 0 Å². The smallest absolute Gasteiger partial charge is 0.110 e. The van der Waals surface area contributed by atoms with Crippen LogP contribution in [0.3, 0.4) is 0 Å². The molecule has 0 N–H and O–H groups in total. The number of fused-ring (bicyclic) bond motifs is 1. The fourth-order valence-electron chi connectivity index (χ4n) is 1.81. The Hall–Kier alpha value is -0.845. The van der Waals surface area contributed by atoms with Crippen molar-refractivity contribution in [2.24, 2.45) is 0 Å². The summed E-state index contributed by atoms with van der Waals surface area (Å²) in [4.78, 5) is 0. The predicted octanol–water partition coefficient (Wildman–Crippen LogP) is -5.60. The second kappa shape index (κ2) is 4.12. The maximum Gasteiger partial charge on any atom is 0.113 e. The van der Waals surface area contributed by atoms with E-state index in [-0.39, 0.29) is 27.3 Å². The van der Waals surface area contributed by atoms with Crippen LogP contribution in [0.15, 0.2) is 6.07 Å². The van der Waals surface area contributed by atoms with Crippen molar-refractivity contribution in [3.63, 3.8) is 0 Å². The topological polar surface area (TPSA) is 0 Å². The lowest BCUT2D eigenvalue weighted by molar-refractivity contribution is 2.03. The SMILES string of the molecule is [B]c1cc2c([B])c([B])c([B])c([B])c2c([B])c1[B]. The van der Waals surface area contributed by atoms with Gasteiger partial charge in [0.25, 0.3) is 0 Å². The highest BCUT2D eigenvalue weighted by Gasteiger charge is 2.11. The fourth-order valence-corrected chi connectivity index (χ4v) is 1.81. The number of hydrogen-bond donors (Lipinski definition) is 0. The van der Waals surface area contributed by atoms with Crippen molar-refractivity contribution in [1.29, 1.82) is 0 Å². The first kappa shape index (κ1) is 12.6. The molecule has 17 heavy (non-hydrogen) atoms. The van der Waals surface area contributed by atoms with Gasteiger partial charge in [-0.2, -0.15) is 0 Å². The number of benzene rings is 2. The second-order valence-electron chi connectivity index (χ2n) is 3.87. The third-order valence-electron chi connectivity index (χ3n) is 2.87. The van der Waals surface area contributed by atoms with Gasteiger partial charge in [0, 0.05) is 0 Å². The number of hydrogen-bond acceptors (Lipinski definition) is 0. The summed E-state index contributed by atoms with van der Waals surface area (Å²) >= 11 is 0. The van der Waals surface area contributed by atoms with Crippen LogP contribution in [-0.2, 0) is 0 Å². The Balaban J connectivity index is 3.12. The van der Waals surface area contributed by atoms with E-state index >= 15 is 0 Å². The van der Waals surface area contributed by atoms with Crippen molar-refractivity contribution in [3.8, 4) is 0 Å². The zero-order valence-corrected chi connectivity index (χ0v) is 9.12. The summed E-state index contributed by atoms with van der Waals surface area (Å²) in [5, 5.41) is 1.04. The average Bonchev–Trinajstić information content (AvgIpc) is 2.30. The van der Waals surface area contributed by atoms with Crippen molar-refractivity contribution in [2.75, 3.05) is 0 Å². The van der Waals surface area contributed by atoms with Gasteiger partial charge in [-0.05, 0) is 10.8 Å². The molecule has 0 heterocycles. The Kier molecular flexibility index (Phi) is 3.05. The molecule has 14 radical (unpaired) electrons. The molecule has 0 saturated heterocycles. The Morgan fingerprint density at radius 1 is 0.529 bits per heavy atom. The summed E-state index contributed by atoms with van der Waals surface area (Å²) in [6.07, 6.45) is 0. The lowest BCUT2D eigenvalue weighted by atomic mass is 9.60. The third kappa shape index (κ3) is 1.71. The fraction of sp³-hybridized carbons (Fsp3) is 0. The molecular formula is C10HB7. The van der Waals surface area contributed by atoms with Crippen molar-refractivity contribution in [2.45, 2.75) is 0 Å². The van der Waals surface area contributed by atoms with E-state index in [1.807, 2.05) is 0 Å². The zero-order valence-electron chi connectivity index (χ0n) is 9.12. The van der Waals surface area contributed by atoms with E-state index in [4.69, 9.17) is 54.9 Å². The Morgan fingerprint density at radius 3 is 1.59 bits per heavy atom. The van der Waals surface area contributed by atoms with E-state index in [1.54, 1.807) is 6.07 Å². The largest absolute Gasteiger partial charge is 0.113 e. The van der Waals surface area contributed by atoms with E-state index < -0.39 is 0 Å². The van der Waals surface area contributed by atoms with Gasteiger partial charge in [-0.3, -0.25) is 0 Å². The number of rotatable bonds is 0. The van der Waals surface area contributed by atoms with Crippen LogP contribution in [0.1, 0.15) is 0 Å². The van der Waals surface area contributed by atoms with Gasteiger partial charge in [0.1, 0.15) is 54.9 Å². The van der Waals surface area contributed by atoms with Gasteiger partial charge in [-0.15, -0.1) is 21.9 Å². The van der Waals surface area contributed by atoms with Crippen LogP contribution in [0.4, 0.5) is 0 Å². The molecular weight excluding hydrogens is 196 g/mol. The molecule has 0 aliphatic carbocycles. The zero-order chi connectivity index (χ0) is 12.9. The van der Waals surface area contributed by atoms with Crippen molar-refractivity contribution < 1.29 is 0 Å². The minimum Gasteiger partial charge on any atom is -0.110 e. The average molecular weight is 197 g/mol. The molecule has 7 heteroatoms. The molecule has 0 aromatic heterocycles. The van der Waals surface area contributed by atoms with Gasteiger partial charge in [-0.25, -0.2) is 0 Å². The van der Waals surface area contributed by atoms with Gasteiger partial charge >= 0.3 is 0 Å². The lowest BCUT2D eigenvalue weighted by Gasteiger charge is -2.21. The third-order valence-corrected chi connectivity index (χ3v) is 2.87. The van der Waals surface area contributed by atoms with Crippen LogP contribution < -0.4 is 38.2 Å². The molecule has 0 fully saturated rings. The molecule has 0 aliphatic heterocycles. The van der Waals surface area contributed by atoms with Crippen LogP contribution in [0, 0.1) is 0 Å². The Bertz CT molecular complexity index is 625. The quantitative estimate of drug-likeness (QED) is 0.369. The maximum atomic E-state index is 5.87. The first-order valence-electron chi connectivity index (χ1n) is 4.85. The predicted molar refractivity (Wildman–Crippen MR) is 81.7 cm³/mol. The van der Waals surface area contributed by atoms with E-state index in [1.165, 1.54) is 0 Å². The van der Waals surface area contributed by atoms with Crippen LogP contribution in [-0.4, -0.2) is 54.9 Å². The van der Waals surface area contributed by atoms with Crippen molar-refractivity contribution in [1.82, 2.24) is 0 Å². The first-order chi connectivity index (χ1) is 7.86. The standard InChI is InChI=1S/C10HB7/c11-3-1-2-4(7(14)6(3)13)8(15)10(17)9(16)5(2)12/h1H. The van der Waals surface area contributed by atoms with Gasteiger partial charge in [0.05, 0.1) is 0 Å². The van der Waals surface area contributed by atoms with Gasteiger partial charge in [-0.1, -0.05) is 22.5 Å². The molecule has 0 aliphatic rings. The highest BCUT2D eigenvalue weighted by atomic mass is 14.1. The summed E-state index contributed by atoms with van der Waals surface area (Å²) in [5.74, 6) is 0. The van der Waals surface area contributed by atoms with Crippen molar-refractivity contribution >= 4 is 104 Å². The Labute approximate surface area is 110 Å². The molecule has 0 bridgehead atoms. The summed E-state index contributed by atoms with van der Waals surface area (Å²) < 4.78 is 0. The van der Waals surface area contributed by atoms with Gasteiger partial charge in [0.2, 0.25) is 0 Å². The summed E-state index contributed by atoms with van der Waals surface area (Å²) in [5.41, 5.74) is 1.82. The molecule has 0 nitrogen and oxygen atoms in total. The molecule has 62 valence electrons. The highest BCUT2D eigenvalue weighted by molar-refractivity contribution is 6.70. The Morgan fingerprint density at radius 2 is 1.00 bits per heavy atom. The molecule has 0 saturated carbocycles. The maximum absolute atomic E-state index is 5.87. The summed E-state index contributed by atoms with van der Waals surface area (Å²) in [7, 11) is 40.6. The first-order valence-corrected chi connectivity index (χ1v) is 4.85. The molecule has 0 spiro atoms. The summed E-state index contributed by atoms with van der Waals surface area (Å²) in [6, 6.07) is 1.59. The van der Waals surface area contributed by atoms with E-state index in [0.29, 0.717) is 21.7 Å².